The molecule has 0 aromatic rings. The third-order valence-electron chi connectivity index (χ3n) is 9.47. The van der Waals surface area contributed by atoms with Gasteiger partial charge in [-0.2, -0.15) is 0 Å². The number of unbranched alkanes of at least 4 members (excludes halogenated alkanes) is 9. The van der Waals surface area contributed by atoms with Crippen molar-refractivity contribution in [1.82, 2.24) is 0 Å². The highest BCUT2D eigenvalue weighted by atomic mass is 16.7. The van der Waals surface area contributed by atoms with Crippen molar-refractivity contribution in [1.29, 1.82) is 0 Å². The monoisotopic (exact) mass is 813 g/mol. The molecule has 4 N–H and O–H groups in total. The van der Waals surface area contributed by atoms with Gasteiger partial charge in [-0.1, -0.05) is 143 Å². The maximum Gasteiger partial charge on any atom is 0.306 e. The van der Waals surface area contributed by atoms with E-state index < -0.39 is 43.4 Å². The third kappa shape index (κ3) is 30.2. The molecule has 0 amide bonds. The van der Waals surface area contributed by atoms with E-state index in [0.29, 0.717) is 13.0 Å². The lowest BCUT2D eigenvalue weighted by atomic mass is 9.99. The summed E-state index contributed by atoms with van der Waals surface area (Å²) in [6.07, 6.45) is 47.2. The van der Waals surface area contributed by atoms with Crippen molar-refractivity contribution >= 4 is 5.97 Å². The highest BCUT2D eigenvalue weighted by molar-refractivity contribution is 5.69. The summed E-state index contributed by atoms with van der Waals surface area (Å²) in [4.78, 5) is 12.8. The second-order valence-corrected chi connectivity index (χ2v) is 14.8. The van der Waals surface area contributed by atoms with Gasteiger partial charge in [0.2, 0.25) is 0 Å². The molecule has 58 heavy (non-hydrogen) atoms. The SMILES string of the molecule is CC/C=C\C/C=C\C/C=C\C/C=C\C/C=C\C/C=C\CCCCC(=O)OC(COCCCCCCCC/C=C\C/C=C\CCC)COC1OC(CO)C(O)C(O)C1O. The van der Waals surface area contributed by atoms with E-state index in [2.05, 4.69) is 111 Å². The van der Waals surface area contributed by atoms with Crippen molar-refractivity contribution < 1.29 is 44.2 Å². The first-order chi connectivity index (χ1) is 28.4. The third-order valence-corrected chi connectivity index (χ3v) is 9.47. The van der Waals surface area contributed by atoms with Gasteiger partial charge in [0.15, 0.2) is 6.29 Å². The number of aliphatic hydroxyl groups excluding tert-OH is 4. The van der Waals surface area contributed by atoms with Crippen LogP contribution in [0.2, 0.25) is 0 Å². The Morgan fingerprint density at radius 3 is 1.59 bits per heavy atom. The summed E-state index contributed by atoms with van der Waals surface area (Å²) in [6, 6.07) is 0. The molecule has 1 rings (SSSR count). The van der Waals surface area contributed by atoms with Gasteiger partial charge in [0.05, 0.1) is 19.8 Å². The van der Waals surface area contributed by atoms with Gasteiger partial charge in [-0.15, -0.1) is 0 Å². The predicted molar refractivity (Wildman–Crippen MR) is 237 cm³/mol. The first-order valence-corrected chi connectivity index (χ1v) is 22.3. The first-order valence-electron chi connectivity index (χ1n) is 22.3. The molecule has 9 nitrogen and oxygen atoms in total. The average molecular weight is 813 g/mol. The number of aliphatic hydroxyl groups is 4. The molecule has 1 aliphatic heterocycles. The molecule has 0 spiro atoms. The van der Waals surface area contributed by atoms with Gasteiger partial charge in [0.25, 0.3) is 0 Å². The van der Waals surface area contributed by atoms with Gasteiger partial charge < -0.3 is 39.4 Å². The Bertz CT molecular complexity index is 1200. The summed E-state index contributed by atoms with van der Waals surface area (Å²) in [5.41, 5.74) is 0. The Labute approximate surface area is 352 Å². The summed E-state index contributed by atoms with van der Waals surface area (Å²) < 4.78 is 22.7. The predicted octanol–water partition coefficient (Wildman–Crippen LogP) is 10.0. The van der Waals surface area contributed by atoms with Gasteiger partial charge >= 0.3 is 5.97 Å². The topological polar surface area (TPSA) is 135 Å². The zero-order valence-electron chi connectivity index (χ0n) is 36.0. The quantitative estimate of drug-likeness (QED) is 0.0277. The summed E-state index contributed by atoms with van der Waals surface area (Å²) in [5.74, 6) is -0.364. The second-order valence-electron chi connectivity index (χ2n) is 14.8. The number of carbonyl (C=O) groups is 1. The zero-order chi connectivity index (χ0) is 42.2. The standard InChI is InChI=1S/C49H80O9/c1-3-5-7-9-11-13-15-17-19-20-21-22-23-24-25-26-28-30-32-34-36-38-45(51)57-43(42-56-49-48(54)47(53)46(52)44(40-50)58-49)41-55-39-37-35-33-31-29-27-18-16-14-12-10-8-6-4-2/h5,7-8,10-11,13-14,16-17,19,21-22,24-25,28,30,43-44,46-50,52-54H,3-4,6,9,12,15,18,20,23,26-27,29,31-42H2,1-2H3/b7-5-,10-8-,13-11-,16-14-,19-17-,22-21-,25-24-,30-28-. The minimum atomic E-state index is -1.55. The van der Waals surface area contributed by atoms with E-state index in [9.17, 15) is 25.2 Å². The van der Waals surface area contributed by atoms with Crippen molar-refractivity contribution in [2.75, 3.05) is 26.4 Å². The Balaban J connectivity index is 2.33. The van der Waals surface area contributed by atoms with Crippen LogP contribution in [0.5, 0.6) is 0 Å². The molecule has 6 atom stereocenters. The molecule has 0 aromatic carbocycles. The summed E-state index contributed by atoms with van der Waals surface area (Å²) in [5, 5.41) is 40.1. The van der Waals surface area contributed by atoms with Crippen LogP contribution in [0.25, 0.3) is 0 Å². The Morgan fingerprint density at radius 1 is 0.569 bits per heavy atom. The highest BCUT2D eigenvalue weighted by Crippen LogP contribution is 2.22. The summed E-state index contributed by atoms with van der Waals surface area (Å²) in [7, 11) is 0. The smallest absolute Gasteiger partial charge is 0.306 e. The Kier molecular flexibility index (Phi) is 36.2. The lowest BCUT2D eigenvalue weighted by molar-refractivity contribution is -0.305. The Morgan fingerprint density at radius 2 is 1.05 bits per heavy atom. The van der Waals surface area contributed by atoms with E-state index in [0.717, 1.165) is 89.9 Å². The zero-order valence-corrected chi connectivity index (χ0v) is 36.0. The first kappa shape index (κ1) is 53.1. The number of hydrogen-bond donors (Lipinski definition) is 4. The molecule has 330 valence electrons. The van der Waals surface area contributed by atoms with Crippen molar-refractivity contribution in [2.24, 2.45) is 0 Å². The highest BCUT2D eigenvalue weighted by Gasteiger charge is 2.44. The largest absolute Gasteiger partial charge is 0.457 e. The van der Waals surface area contributed by atoms with Crippen LogP contribution in [0, 0.1) is 0 Å². The van der Waals surface area contributed by atoms with Crippen LogP contribution in [0.15, 0.2) is 97.2 Å². The fourth-order valence-electron chi connectivity index (χ4n) is 6.00. The Hall–Kier alpha value is -2.89. The van der Waals surface area contributed by atoms with E-state index in [1.807, 2.05) is 0 Å². The van der Waals surface area contributed by atoms with Crippen LogP contribution < -0.4 is 0 Å². The summed E-state index contributed by atoms with van der Waals surface area (Å²) in [6.45, 7) is 4.27. The lowest BCUT2D eigenvalue weighted by Crippen LogP contribution is -2.59. The van der Waals surface area contributed by atoms with Crippen molar-refractivity contribution in [3.63, 3.8) is 0 Å². The molecule has 1 saturated heterocycles. The van der Waals surface area contributed by atoms with Gasteiger partial charge in [-0.05, 0) is 89.9 Å². The summed E-state index contributed by atoms with van der Waals surface area (Å²) >= 11 is 0. The molecular weight excluding hydrogens is 733 g/mol. The number of ether oxygens (including phenoxy) is 4. The van der Waals surface area contributed by atoms with Crippen LogP contribution in [0.3, 0.4) is 0 Å². The molecule has 1 fully saturated rings. The van der Waals surface area contributed by atoms with E-state index in [1.54, 1.807) is 0 Å². The van der Waals surface area contributed by atoms with Crippen LogP contribution in [-0.2, 0) is 23.7 Å². The minimum Gasteiger partial charge on any atom is -0.457 e. The average Bonchev–Trinajstić information content (AvgIpc) is 3.22. The van der Waals surface area contributed by atoms with Gasteiger partial charge in [-0.25, -0.2) is 0 Å². The molecule has 1 aliphatic rings. The molecule has 1 heterocycles. The molecule has 0 bridgehead atoms. The number of carbonyl (C=O) groups excluding carboxylic acids is 1. The van der Waals surface area contributed by atoms with Gasteiger partial charge in [0.1, 0.15) is 30.5 Å². The molecule has 0 saturated carbocycles. The van der Waals surface area contributed by atoms with Crippen LogP contribution >= 0.6 is 0 Å². The van der Waals surface area contributed by atoms with Crippen LogP contribution in [0.1, 0.15) is 142 Å². The number of hydrogen-bond acceptors (Lipinski definition) is 9. The number of allylic oxidation sites excluding steroid dienone is 16. The van der Waals surface area contributed by atoms with E-state index >= 15 is 0 Å². The fraction of sp³-hybridized carbons (Fsp3) is 0.653. The second kappa shape index (κ2) is 39.6. The van der Waals surface area contributed by atoms with Crippen molar-refractivity contribution in [3.05, 3.63) is 97.2 Å². The van der Waals surface area contributed by atoms with Crippen molar-refractivity contribution in [2.45, 2.75) is 179 Å². The molecule has 9 heteroatoms. The van der Waals surface area contributed by atoms with E-state index in [4.69, 9.17) is 18.9 Å². The lowest BCUT2D eigenvalue weighted by Gasteiger charge is -2.39. The maximum absolute atomic E-state index is 12.8. The van der Waals surface area contributed by atoms with Gasteiger partial charge in [-0.3, -0.25) is 4.79 Å². The van der Waals surface area contributed by atoms with Crippen LogP contribution in [-0.4, -0.2) is 89.6 Å². The van der Waals surface area contributed by atoms with Crippen LogP contribution in [0.4, 0.5) is 0 Å². The molecule has 0 aliphatic carbocycles. The molecule has 0 aromatic heterocycles. The fourth-order valence-corrected chi connectivity index (χ4v) is 6.00. The van der Waals surface area contributed by atoms with E-state index in [1.165, 1.54) is 25.7 Å². The van der Waals surface area contributed by atoms with Crippen molar-refractivity contribution in [3.8, 4) is 0 Å². The van der Waals surface area contributed by atoms with E-state index in [-0.39, 0.29) is 25.6 Å². The molecule has 0 radical (unpaired) electrons. The number of esters is 1. The maximum atomic E-state index is 12.8. The van der Waals surface area contributed by atoms with Gasteiger partial charge in [0, 0.05) is 13.0 Å². The molecule has 6 unspecified atom stereocenters. The normalized spacial score (nSPS) is 21.2. The number of rotatable bonds is 36. The molecular formula is C49H80O9. The minimum absolute atomic E-state index is 0.113.